The predicted octanol–water partition coefficient (Wildman–Crippen LogP) is 12.6. The van der Waals surface area contributed by atoms with Gasteiger partial charge in [0.25, 0.3) is 0 Å². The molecule has 356 valence electrons. The fourth-order valence-electron chi connectivity index (χ4n) is 7.88. The van der Waals surface area contributed by atoms with Crippen LogP contribution in [-0.2, 0) is 58.4 Å². The number of unbranched alkanes of at least 4 members (excludes halogenated alkanes) is 26. The predicted molar refractivity (Wildman–Crippen MR) is 239 cm³/mol. The van der Waals surface area contributed by atoms with Gasteiger partial charge in [0.1, 0.15) is 13.1 Å². The van der Waals surface area contributed by atoms with E-state index in [9.17, 15) is 23.5 Å². The fourth-order valence-corrected chi connectivity index (χ4v) is 9.52. The molecule has 0 saturated carbocycles. The van der Waals surface area contributed by atoms with Crippen molar-refractivity contribution in [1.29, 1.82) is 0 Å². The Morgan fingerprint density at radius 1 is 0.377 bits per heavy atom. The average Bonchev–Trinajstić information content (AvgIpc) is 3.17. The zero-order valence-electron chi connectivity index (χ0n) is 40.0. The van der Waals surface area contributed by atoms with Gasteiger partial charge >= 0.3 is 53.6 Å². The first kappa shape index (κ1) is 59.5. The Kier molecular flexibility index (Phi) is 36.9. The maximum atomic E-state index is 9.38. The summed E-state index contributed by atoms with van der Waals surface area (Å²) in [6.07, 6.45) is 40.4. The van der Waals surface area contributed by atoms with Crippen molar-refractivity contribution in [3.05, 3.63) is 71.8 Å². The third-order valence-corrected chi connectivity index (χ3v) is 14.0. The molecule has 0 amide bonds. The van der Waals surface area contributed by atoms with Gasteiger partial charge in [0.05, 0.1) is 41.3 Å². The second kappa shape index (κ2) is 37.8. The van der Waals surface area contributed by atoms with E-state index < -0.39 is 27.2 Å². The van der Waals surface area contributed by atoms with Gasteiger partial charge in [-0.3, -0.25) is 0 Å². The van der Waals surface area contributed by atoms with E-state index in [1.165, 1.54) is 204 Å². The molecule has 0 heterocycles. The van der Waals surface area contributed by atoms with Crippen molar-refractivity contribution in [2.75, 3.05) is 41.3 Å². The van der Waals surface area contributed by atoms with Crippen molar-refractivity contribution in [2.45, 2.75) is 207 Å². The van der Waals surface area contributed by atoms with Crippen molar-refractivity contribution < 1.29 is 62.6 Å². The monoisotopic (exact) mass is 937 g/mol. The summed E-state index contributed by atoms with van der Waals surface area (Å²) in [5.41, 5.74) is 2.92. The molecule has 0 spiro atoms. The zero-order chi connectivity index (χ0) is 45.6. The van der Waals surface area contributed by atoms with Crippen molar-refractivity contribution in [1.82, 2.24) is 0 Å². The Labute approximate surface area is 380 Å². The minimum absolute atomic E-state index is 1.11. The summed E-state index contributed by atoms with van der Waals surface area (Å²) in [5, 5.41) is 0. The Morgan fingerprint density at radius 2 is 0.590 bits per heavy atom. The number of hydrogen-bond acceptors (Lipinski definition) is 7. The molecule has 2 aromatic rings. The average molecular weight is 937 g/mol. The molecule has 0 aromatic heterocycles. The molecule has 0 N–H and O–H groups in total. The summed E-state index contributed by atoms with van der Waals surface area (Å²) in [6, 6.07) is 21.9. The zero-order valence-corrected chi connectivity index (χ0v) is 42.5. The summed E-state index contributed by atoms with van der Waals surface area (Å²) in [4.78, 5) is 0. The van der Waals surface area contributed by atoms with E-state index in [2.05, 4.69) is 106 Å². The Balaban J connectivity index is 0.000000984. The van der Waals surface area contributed by atoms with Crippen molar-refractivity contribution >= 4 is 0 Å². The molecule has 0 atom stereocenters. The van der Waals surface area contributed by atoms with Crippen LogP contribution >= 0.6 is 0 Å². The van der Waals surface area contributed by atoms with Crippen LogP contribution < -0.4 is 8.32 Å². The van der Waals surface area contributed by atoms with Crippen LogP contribution in [0.2, 0.25) is 0 Å². The van der Waals surface area contributed by atoms with E-state index in [1.807, 2.05) is 0 Å². The van der Waals surface area contributed by atoms with E-state index in [-0.39, 0.29) is 0 Å². The van der Waals surface area contributed by atoms with Crippen molar-refractivity contribution in [2.24, 2.45) is 0 Å². The first-order chi connectivity index (χ1) is 29.0. The van der Waals surface area contributed by atoms with Gasteiger partial charge < -0.3 is 8.97 Å². The third-order valence-electron chi connectivity index (χ3n) is 11.3. The summed E-state index contributed by atoms with van der Waals surface area (Å²) in [7, 11) is 9.48. The van der Waals surface area contributed by atoms with Gasteiger partial charge in [-0.1, -0.05) is 229 Å². The molecule has 0 saturated heterocycles. The molecular formula is C50H92Cr2N2O7. The van der Waals surface area contributed by atoms with Crippen LogP contribution in [0.15, 0.2) is 60.7 Å². The molecule has 0 radical (unpaired) electrons. The van der Waals surface area contributed by atoms with Gasteiger partial charge in [0.2, 0.25) is 0 Å². The molecule has 11 heteroatoms. The fraction of sp³-hybridized carbons (Fsp3) is 0.760. The Morgan fingerprint density at radius 3 is 0.787 bits per heavy atom. The topological polar surface area (TPSA) is 124 Å². The molecule has 0 unspecified atom stereocenters. The second-order valence-electron chi connectivity index (χ2n) is 18.7. The van der Waals surface area contributed by atoms with Gasteiger partial charge in [-0.05, 0) is 25.7 Å². The van der Waals surface area contributed by atoms with Gasteiger partial charge in [-0.15, -0.1) is 0 Å². The van der Waals surface area contributed by atoms with Crippen molar-refractivity contribution in [3.63, 3.8) is 0 Å². The number of hydrogen-bond donors (Lipinski definition) is 0. The minimum atomic E-state index is -6.07. The number of quaternary nitrogens is 2. The van der Waals surface area contributed by atoms with E-state index in [1.54, 1.807) is 0 Å². The van der Waals surface area contributed by atoms with Crippen LogP contribution in [0.1, 0.15) is 205 Å². The number of nitrogens with zero attached hydrogens (tertiary/aromatic N) is 2. The maximum absolute atomic E-state index is 9.38. The quantitative estimate of drug-likeness (QED) is 0.0492. The number of rotatable bonds is 36. The normalized spacial score (nSPS) is 12.1. The van der Waals surface area contributed by atoms with Crippen LogP contribution in [0.3, 0.4) is 0 Å². The molecule has 0 bridgehead atoms. The first-order valence-electron chi connectivity index (χ1n) is 24.3. The van der Waals surface area contributed by atoms with Gasteiger partial charge in [-0.2, -0.15) is 0 Å². The van der Waals surface area contributed by atoms with E-state index in [0.717, 1.165) is 22.1 Å². The Hall–Kier alpha value is -1.50. The third kappa shape index (κ3) is 44.9. The molecule has 2 aromatic carbocycles. The first-order valence-corrected chi connectivity index (χ1v) is 28.5. The van der Waals surface area contributed by atoms with Gasteiger partial charge in [0, 0.05) is 11.1 Å². The van der Waals surface area contributed by atoms with E-state index in [4.69, 9.17) is 0 Å². The van der Waals surface area contributed by atoms with Gasteiger partial charge in [-0.25, -0.2) is 0 Å². The SMILES string of the molecule is CCCCCCCCCCCCCCCC[N+](C)(C)Cc1ccccc1.CCCCCCCCCCCCCCCC[N+](C)(C)Cc1ccccc1.[O]=[Cr](=[O])([O-])[O][Cr](=[O])(=[O])[O-]. The van der Waals surface area contributed by atoms with E-state index in [0.29, 0.717) is 0 Å². The molecule has 0 aliphatic carbocycles. The summed E-state index contributed by atoms with van der Waals surface area (Å²) in [6.45, 7) is 9.49. The van der Waals surface area contributed by atoms with Crippen LogP contribution in [0, 0.1) is 0 Å². The summed E-state index contributed by atoms with van der Waals surface area (Å²) in [5.74, 6) is 0. The molecule has 0 aliphatic rings. The summed E-state index contributed by atoms with van der Waals surface area (Å²) < 4.78 is 61.1. The molecule has 61 heavy (non-hydrogen) atoms. The molecule has 9 nitrogen and oxygen atoms in total. The molecular weight excluding hydrogens is 845 g/mol. The van der Waals surface area contributed by atoms with Crippen LogP contribution in [0.4, 0.5) is 0 Å². The van der Waals surface area contributed by atoms with Gasteiger partial charge in [0.15, 0.2) is 0 Å². The Bertz CT molecular complexity index is 1360. The second-order valence-corrected chi connectivity index (χ2v) is 22.3. The van der Waals surface area contributed by atoms with Crippen molar-refractivity contribution in [3.8, 4) is 0 Å². The molecule has 0 fully saturated rings. The molecule has 2 rings (SSSR count). The van der Waals surface area contributed by atoms with Crippen LogP contribution in [-0.4, -0.2) is 50.2 Å². The van der Waals surface area contributed by atoms with Crippen LogP contribution in [0.25, 0.3) is 0 Å². The molecule has 0 aliphatic heterocycles. The van der Waals surface area contributed by atoms with Crippen LogP contribution in [0.5, 0.6) is 0 Å². The number of benzene rings is 2. The van der Waals surface area contributed by atoms with E-state index >= 15 is 0 Å². The summed E-state index contributed by atoms with van der Waals surface area (Å²) >= 11 is -12.1. The standard InChI is InChI=1S/2C25H46N.2Cr.7O/c2*1-4-5-6-7-8-9-10-11-12-13-14-15-16-20-23-26(2,3)24-25-21-18-17-19-22-25;;;;;;;;;/h2*17-19,21-22H,4-16,20,23-24H2,1-3H3;;;;;;;;;/q2*+1;;;;;;;;2*-1.